The van der Waals surface area contributed by atoms with Crippen LogP contribution in [0.5, 0.6) is 11.5 Å². The lowest BCUT2D eigenvalue weighted by molar-refractivity contribution is 0.0435. The number of H-pyrrole nitrogens is 1. The maximum Gasteiger partial charge on any atom is 0.127 e. The summed E-state index contributed by atoms with van der Waals surface area (Å²) in [7, 11) is 1.65. The van der Waals surface area contributed by atoms with Crippen LogP contribution in [0.2, 0.25) is 0 Å². The largest absolute Gasteiger partial charge is 0.457 e. The molecule has 0 fully saturated rings. The molecule has 0 bridgehead atoms. The smallest absolute Gasteiger partial charge is 0.127 e. The van der Waals surface area contributed by atoms with Crippen molar-refractivity contribution in [1.82, 2.24) is 10.3 Å². The van der Waals surface area contributed by atoms with Gasteiger partial charge in [-0.1, -0.05) is 12.1 Å². The molecule has 154 valence electrons. The molecule has 0 amide bonds. The molecule has 0 saturated carbocycles. The zero-order valence-corrected chi connectivity index (χ0v) is 16.7. The summed E-state index contributed by atoms with van der Waals surface area (Å²) in [6, 6.07) is 19.1. The number of aryl methyl sites for hydroxylation is 1. The number of likely N-dealkylation sites (N-methyl/N-ethyl adjacent to an activating group) is 1. The minimum absolute atomic E-state index is 0.191. The topological polar surface area (TPSA) is 97.7 Å². The fourth-order valence-corrected chi connectivity index (χ4v) is 3.20. The SMILES string of the molecule is CNC(CO)(CO)CC(O)c1ccc(Oc2ccc(-c3ccc(C)[nH]3)cc2)cc1. The predicted molar refractivity (Wildman–Crippen MR) is 113 cm³/mol. The van der Waals surface area contributed by atoms with Gasteiger partial charge in [-0.2, -0.15) is 0 Å². The molecule has 0 aliphatic heterocycles. The van der Waals surface area contributed by atoms with Crippen LogP contribution in [0, 0.1) is 6.92 Å². The molecule has 0 spiro atoms. The summed E-state index contributed by atoms with van der Waals surface area (Å²) < 4.78 is 5.89. The highest BCUT2D eigenvalue weighted by Gasteiger charge is 2.30. The van der Waals surface area contributed by atoms with Crippen LogP contribution in [-0.4, -0.2) is 46.1 Å². The lowest BCUT2D eigenvalue weighted by Crippen LogP contribution is -2.50. The average molecular weight is 396 g/mol. The van der Waals surface area contributed by atoms with E-state index in [1.54, 1.807) is 31.3 Å². The first kappa shape index (κ1) is 21.1. The summed E-state index contributed by atoms with van der Waals surface area (Å²) in [5.74, 6) is 1.38. The Morgan fingerprint density at radius 2 is 1.52 bits per heavy atom. The molecule has 1 unspecified atom stereocenters. The number of benzene rings is 2. The predicted octanol–water partition coefficient (Wildman–Crippen LogP) is 3.15. The minimum Gasteiger partial charge on any atom is -0.457 e. The van der Waals surface area contributed by atoms with Crippen molar-refractivity contribution in [2.75, 3.05) is 20.3 Å². The molecule has 1 heterocycles. The van der Waals surface area contributed by atoms with Gasteiger partial charge in [0.15, 0.2) is 0 Å². The number of hydrogen-bond donors (Lipinski definition) is 5. The van der Waals surface area contributed by atoms with Gasteiger partial charge in [0, 0.05) is 17.8 Å². The number of aliphatic hydroxyl groups excluding tert-OH is 3. The van der Waals surface area contributed by atoms with Crippen molar-refractivity contribution in [2.24, 2.45) is 0 Å². The van der Waals surface area contributed by atoms with Gasteiger partial charge in [0.05, 0.1) is 24.9 Å². The molecular formula is C23H28N2O4. The van der Waals surface area contributed by atoms with Crippen LogP contribution in [0.1, 0.15) is 23.8 Å². The summed E-state index contributed by atoms with van der Waals surface area (Å²) in [4.78, 5) is 3.31. The molecule has 2 aromatic carbocycles. The molecule has 0 saturated heterocycles. The van der Waals surface area contributed by atoms with Gasteiger partial charge in [-0.3, -0.25) is 0 Å². The summed E-state index contributed by atoms with van der Waals surface area (Å²) in [6.07, 6.45) is -0.629. The van der Waals surface area contributed by atoms with Crippen LogP contribution in [0.15, 0.2) is 60.7 Å². The molecule has 6 nitrogen and oxygen atoms in total. The van der Waals surface area contributed by atoms with Gasteiger partial charge in [-0.05, 0) is 73.6 Å². The van der Waals surface area contributed by atoms with Crippen molar-refractivity contribution in [3.63, 3.8) is 0 Å². The molecule has 29 heavy (non-hydrogen) atoms. The van der Waals surface area contributed by atoms with Gasteiger partial charge in [0.2, 0.25) is 0 Å². The van der Waals surface area contributed by atoms with Crippen molar-refractivity contribution in [3.05, 3.63) is 71.9 Å². The molecule has 6 heteroatoms. The number of nitrogens with one attached hydrogen (secondary N) is 2. The van der Waals surface area contributed by atoms with Gasteiger partial charge in [0.25, 0.3) is 0 Å². The van der Waals surface area contributed by atoms with Gasteiger partial charge >= 0.3 is 0 Å². The Bertz CT molecular complexity index is 891. The number of hydrogen-bond acceptors (Lipinski definition) is 5. The molecule has 5 N–H and O–H groups in total. The standard InChI is InChI=1S/C23H28N2O4/c1-16-3-12-21(25-16)17-4-8-19(9-5-17)29-20-10-6-18(7-11-20)22(28)13-23(14-26,15-27)24-2/h3-12,22,24-28H,13-15H2,1-2H3. The van der Waals surface area contributed by atoms with Crippen molar-refractivity contribution < 1.29 is 20.1 Å². The fraction of sp³-hybridized carbons (Fsp3) is 0.304. The van der Waals surface area contributed by atoms with Crippen molar-refractivity contribution in [2.45, 2.75) is 25.0 Å². The van der Waals surface area contributed by atoms with Crippen LogP contribution < -0.4 is 10.1 Å². The van der Waals surface area contributed by atoms with E-state index in [2.05, 4.69) is 10.3 Å². The number of aromatic amines is 1. The molecule has 0 aliphatic carbocycles. The molecule has 0 radical (unpaired) electrons. The van der Waals surface area contributed by atoms with Gasteiger partial charge in [-0.25, -0.2) is 0 Å². The van der Waals surface area contributed by atoms with E-state index in [-0.39, 0.29) is 19.6 Å². The number of aromatic nitrogens is 1. The summed E-state index contributed by atoms with van der Waals surface area (Å²) in [6.45, 7) is 1.49. The lowest BCUT2D eigenvalue weighted by Gasteiger charge is -2.31. The maximum absolute atomic E-state index is 10.5. The number of ether oxygens (including phenoxy) is 1. The van der Waals surface area contributed by atoms with E-state index in [1.807, 2.05) is 43.3 Å². The monoisotopic (exact) mass is 396 g/mol. The van der Waals surface area contributed by atoms with E-state index in [4.69, 9.17) is 4.74 Å². The highest BCUT2D eigenvalue weighted by molar-refractivity contribution is 5.61. The van der Waals surface area contributed by atoms with Gasteiger partial charge in [-0.15, -0.1) is 0 Å². The zero-order chi connectivity index (χ0) is 20.9. The second kappa shape index (κ2) is 9.24. The van der Waals surface area contributed by atoms with Gasteiger partial charge in [0.1, 0.15) is 11.5 Å². The Morgan fingerprint density at radius 1 is 0.931 bits per heavy atom. The van der Waals surface area contributed by atoms with Crippen molar-refractivity contribution in [1.29, 1.82) is 0 Å². The van der Waals surface area contributed by atoms with Crippen LogP contribution in [0.3, 0.4) is 0 Å². The van der Waals surface area contributed by atoms with Crippen LogP contribution in [0.25, 0.3) is 11.3 Å². The normalized spacial score (nSPS) is 12.7. The first-order chi connectivity index (χ1) is 14.0. The quantitative estimate of drug-likeness (QED) is 0.383. The van der Waals surface area contributed by atoms with E-state index in [0.717, 1.165) is 22.7 Å². The highest BCUT2D eigenvalue weighted by Crippen LogP contribution is 2.28. The van der Waals surface area contributed by atoms with Crippen molar-refractivity contribution in [3.8, 4) is 22.8 Å². The number of rotatable bonds is 9. The van der Waals surface area contributed by atoms with Crippen LogP contribution in [0.4, 0.5) is 0 Å². The molecule has 1 aromatic heterocycles. The minimum atomic E-state index is -0.923. The summed E-state index contributed by atoms with van der Waals surface area (Å²) >= 11 is 0. The molecule has 3 rings (SSSR count). The average Bonchev–Trinajstić information content (AvgIpc) is 3.19. The van der Waals surface area contributed by atoms with Crippen molar-refractivity contribution >= 4 is 0 Å². The summed E-state index contributed by atoms with van der Waals surface area (Å²) in [5.41, 5.74) is 3.04. The van der Waals surface area contributed by atoms with E-state index >= 15 is 0 Å². The summed E-state index contributed by atoms with van der Waals surface area (Å²) in [5, 5.41) is 32.4. The lowest BCUT2D eigenvalue weighted by atomic mass is 9.91. The van der Waals surface area contributed by atoms with Crippen LogP contribution in [-0.2, 0) is 0 Å². The Balaban J connectivity index is 1.64. The van der Waals surface area contributed by atoms with E-state index in [0.29, 0.717) is 11.3 Å². The van der Waals surface area contributed by atoms with E-state index < -0.39 is 11.6 Å². The fourth-order valence-electron chi connectivity index (χ4n) is 3.20. The second-order valence-corrected chi connectivity index (χ2v) is 7.32. The Hall–Kier alpha value is -2.64. The van der Waals surface area contributed by atoms with Crippen LogP contribution >= 0.6 is 0 Å². The second-order valence-electron chi connectivity index (χ2n) is 7.32. The molecule has 0 aliphatic rings. The maximum atomic E-state index is 10.5. The van der Waals surface area contributed by atoms with Gasteiger partial charge < -0.3 is 30.4 Å². The Morgan fingerprint density at radius 3 is 2.00 bits per heavy atom. The molecule has 3 aromatic rings. The first-order valence-electron chi connectivity index (χ1n) is 9.61. The Kier molecular flexibility index (Phi) is 6.71. The third-order valence-corrected chi connectivity index (χ3v) is 5.22. The highest BCUT2D eigenvalue weighted by atomic mass is 16.5. The third kappa shape index (κ3) is 5.05. The first-order valence-corrected chi connectivity index (χ1v) is 9.61. The molecule has 1 atom stereocenters. The third-order valence-electron chi connectivity index (χ3n) is 5.22. The van der Waals surface area contributed by atoms with E-state index in [9.17, 15) is 15.3 Å². The molecular weight excluding hydrogens is 368 g/mol. The number of aliphatic hydroxyl groups is 3. The van der Waals surface area contributed by atoms with E-state index in [1.165, 1.54) is 0 Å². The zero-order valence-electron chi connectivity index (χ0n) is 16.7. The Labute approximate surface area is 170 Å².